The molecule has 0 radical (unpaired) electrons. The monoisotopic (exact) mass is 362 g/mol. The van der Waals surface area contributed by atoms with Gasteiger partial charge in [-0.15, -0.1) is 0 Å². The van der Waals surface area contributed by atoms with E-state index in [2.05, 4.69) is 10.1 Å². The van der Waals surface area contributed by atoms with Crippen molar-refractivity contribution in [1.82, 2.24) is 10.1 Å². The fourth-order valence-electron chi connectivity index (χ4n) is 2.54. The Hall–Kier alpha value is -3.11. The van der Waals surface area contributed by atoms with Crippen molar-refractivity contribution in [2.24, 2.45) is 0 Å². The van der Waals surface area contributed by atoms with E-state index in [1.54, 1.807) is 0 Å². The number of benzene rings is 3. The third-order valence-corrected chi connectivity index (χ3v) is 4.18. The second kappa shape index (κ2) is 7.02. The quantitative estimate of drug-likeness (QED) is 0.436. The third kappa shape index (κ3) is 3.46. The van der Waals surface area contributed by atoms with Gasteiger partial charge < -0.3 is 9.26 Å². The van der Waals surface area contributed by atoms with Crippen LogP contribution in [0, 0.1) is 6.92 Å². The Labute approximate surface area is 156 Å². The number of ether oxygens (including phenoxy) is 1. The van der Waals surface area contributed by atoms with Crippen LogP contribution in [0.25, 0.3) is 22.8 Å². The lowest BCUT2D eigenvalue weighted by atomic mass is 10.1. The molecule has 0 saturated carbocycles. The van der Waals surface area contributed by atoms with Crippen molar-refractivity contribution in [3.8, 4) is 34.3 Å². The molecule has 0 aliphatic carbocycles. The fraction of sp³-hybridized carbons (Fsp3) is 0.0476. The number of hydrogen-bond acceptors (Lipinski definition) is 4. The number of aryl methyl sites for hydroxylation is 1. The van der Waals surface area contributed by atoms with Gasteiger partial charge in [-0.25, -0.2) is 0 Å². The highest BCUT2D eigenvalue weighted by molar-refractivity contribution is 6.33. The Balaban J connectivity index is 1.56. The van der Waals surface area contributed by atoms with Gasteiger partial charge in [-0.2, -0.15) is 4.98 Å². The second-order valence-electron chi connectivity index (χ2n) is 5.85. The van der Waals surface area contributed by atoms with Crippen LogP contribution in [0.1, 0.15) is 5.56 Å². The van der Waals surface area contributed by atoms with E-state index in [0.717, 1.165) is 28.2 Å². The topological polar surface area (TPSA) is 48.2 Å². The molecule has 0 unspecified atom stereocenters. The maximum absolute atomic E-state index is 6.28. The summed E-state index contributed by atoms with van der Waals surface area (Å²) in [7, 11) is 0. The largest absolute Gasteiger partial charge is 0.457 e. The number of nitrogens with zero attached hydrogens (tertiary/aromatic N) is 2. The van der Waals surface area contributed by atoms with Crippen LogP contribution in [0.15, 0.2) is 77.3 Å². The predicted octanol–water partition coefficient (Wildman–Crippen LogP) is 6.16. The molecule has 26 heavy (non-hydrogen) atoms. The number of aromatic nitrogens is 2. The molecule has 0 amide bonds. The van der Waals surface area contributed by atoms with Crippen molar-refractivity contribution in [3.05, 3.63) is 83.4 Å². The van der Waals surface area contributed by atoms with Gasteiger partial charge in [-0.3, -0.25) is 0 Å². The molecule has 0 aliphatic heterocycles. The van der Waals surface area contributed by atoms with Gasteiger partial charge in [0.15, 0.2) is 0 Å². The molecule has 0 aliphatic rings. The molecule has 0 N–H and O–H groups in total. The molecule has 1 heterocycles. The van der Waals surface area contributed by atoms with Crippen LogP contribution in [0.3, 0.4) is 0 Å². The van der Waals surface area contributed by atoms with Gasteiger partial charge in [0, 0.05) is 11.1 Å². The van der Waals surface area contributed by atoms with Crippen LogP contribution < -0.4 is 4.74 Å². The predicted molar refractivity (Wildman–Crippen MR) is 101 cm³/mol. The van der Waals surface area contributed by atoms with Crippen molar-refractivity contribution in [2.45, 2.75) is 6.92 Å². The molecule has 3 aromatic carbocycles. The SMILES string of the molecule is Cc1ccc(-c2noc(-c3ccc(Oc4ccccc4)cc3)n2)c(Cl)c1. The Bertz CT molecular complexity index is 1030. The van der Waals surface area contributed by atoms with E-state index in [1.807, 2.05) is 79.7 Å². The molecule has 4 aromatic rings. The van der Waals surface area contributed by atoms with Gasteiger partial charge in [0.05, 0.1) is 5.02 Å². The Kier molecular flexibility index (Phi) is 4.42. The first-order valence-electron chi connectivity index (χ1n) is 8.12. The summed E-state index contributed by atoms with van der Waals surface area (Å²) in [5.74, 6) is 2.42. The summed E-state index contributed by atoms with van der Waals surface area (Å²) in [5.41, 5.74) is 2.64. The summed E-state index contributed by atoms with van der Waals surface area (Å²) in [4.78, 5) is 4.45. The highest BCUT2D eigenvalue weighted by atomic mass is 35.5. The average molecular weight is 363 g/mol. The Morgan fingerprint density at radius 2 is 1.62 bits per heavy atom. The van der Waals surface area contributed by atoms with Crippen molar-refractivity contribution in [3.63, 3.8) is 0 Å². The minimum Gasteiger partial charge on any atom is -0.457 e. The van der Waals surface area contributed by atoms with Gasteiger partial charge in [-0.1, -0.05) is 41.0 Å². The average Bonchev–Trinajstić information content (AvgIpc) is 3.13. The molecule has 0 atom stereocenters. The third-order valence-electron chi connectivity index (χ3n) is 3.87. The molecule has 5 heteroatoms. The summed E-state index contributed by atoms with van der Waals surface area (Å²) in [6, 6.07) is 22.9. The van der Waals surface area contributed by atoms with Gasteiger partial charge in [0.1, 0.15) is 11.5 Å². The highest BCUT2D eigenvalue weighted by Gasteiger charge is 2.13. The molecule has 4 nitrogen and oxygen atoms in total. The van der Waals surface area contributed by atoms with Crippen molar-refractivity contribution < 1.29 is 9.26 Å². The minimum absolute atomic E-state index is 0.433. The molecular weight excluding hydrogens is 348 g/mol. The zero-order chi connectivity index (χ0) is 17.9. The maximum Gasteiger partial charge on any atom is 0.258 e. The molecule has 1 aromatic heterocycles. The van der Waals surface area contributed by atoms with E-state index in [4.69, 9.17) is 20.9 Å². The molecule has 0 fully saturated rings. The summed E-state index contributed by atoms with van der Waals surface area (Å²) in [6.07, 6.45) is 0. The fourth-order valence-corrected chi connectivity index (χ4v) is 2.86. The minimum atomic E-state index is 0.433. The normalized spacial score (nSPS) is 10.7. The lowest BCUT2D eigenvalue weighted by Gasteiger charge is -2.05. The van der Waals surface area contributed by atoms with Gasteiger partial charge in [0.25, 0.3) is 5.89 Å². The maximum atomic E-state index is 6.28. The van der Waals surface area contributed by atoms with Crippen LogP contribution in [0.4, 0.5) is 0 Å². The van der Waals surface area contributed by atoms with Gasteiger partial charge in [0.2, 0.25) is 5.82 Å². The standard InChI is InChI=1S/C21H15ClN2O2/c1-14-7-12-18(19(22)13-14)20-23-21(26-24-20)15-8-10-17(11-9-15)25-16-5-3-2-4-6-16/h2-13H,1H3. The van der Waals surface area contributed by atoms with Crippen LogP contribution in [0.2, 0.25) is 5.02 Å². The van der Waals surface area contributed by atoms with Crippen molar-refractivity contribution in [1.29, 1.82) is 0 Å². The van der Waals surface area contributed by atoms with Gasteiger partial charge >= 0.3 is 0 Å². The van der Waals surface area contributed by atoms with Gasteiger partial charge in [-0.05, 0) is 61.0 Å². The molecule has 0 saturated heterocycles. The molecule has 0 bridgehead atoms. The number of rotatable bonds is 4. The zero-order valence-electron chi connectivity index (χ0n) is 14.0. The zero-order valence-corrected chi connectivity index (χ0v) is 14.8. The van der Waals surface area contributed by atoms with E-state index in [0.29, 0.717) is 16.7 Å². The van der Waals surface area contributed by atoms with Crippen molar-refractivity contribution in [2.75, 3.05) is 0 Å². The van der Waals surface area contributed by atoms with E-state index < -0.39 is 0 Å². The summed E-state index contributed by atoms with van der Waals surface area (Å²) >= 11 is 6.28. The van der Waals surface area contributed by atoms with Crippen LogP contribution in [0.5, 0.6) is 11.5 Å². The summed E-state index contributed by atoms with van der Waals surface area (Å²) < 4.78 is 11.2. The lowest BCUT2D eigenvalue weighted by Crippen LogP contribution is -1.85. The first kappa shape index (κ1) is 16.4. The first-order chi connectivity index (χ1) is 12.7. The van der Waals surface area contributed by atoms with E-state index in [9.17, 15) is 0 Å². The number of para-hydroxylation sites is 1. The summed E-state index contributed by atoms with van der Waals surface area (Å²) in [5, 5.41) is 4.64. The Morgan fingerprint density at radius 1 is 0.885 bits per heavy atom. The van der Waals surface area contributed by atoms with E-state index in [-0.39, 0.29) is 0 Å². The molecule has 128 valence electrons. The van der Waals surface area contributed by atoms with E-state index in [1.165, 1.54) is 0 Å². The number of hydrogen-bond donors (Lipinski definition) is 0. The molecular formula is C21H15ClN2O2. The van der Waals surface area contributed by atoms with Crippen LogP contribution >= 0.6 is 11.6 Å². The lowest BCUT2D eigenvalue weighted by molar-refractivity contribution is 0.432. The molecule has 0 spiro atoms. The molecule has 4 rings (SSSR count). The van der Waals surface area contributed by atoms with Crippen molar-refractivity contribution >= 4 is 11.6 Å². The van der Waals surface area contributed by atoms with Crippen LogP contribution in [-0.2, 0) is 0 Å². The highest BCUT2D eigenvalue weighted by Crippen LogP contribution is 2.29. The number of halogens is 1. The summed E-state index contributed by atoms with van der Waals surface area (Å²) in [6.45, 7) is 1.98. The van der Waals surface area contributed by atoms with E-state index >= 15 is 0 Å². The first-order valence-corrected chi connectivity index (χ1v) is 8.50. The smallest absolute Gasteiger partial charge is 0.258 e. The van der Waals surface area contributed by atoms with Crippen LogP contribution in [-0.4, -0.2) is 10.1 Å². The Morgan fingerprint density at radius 3 is 2.35 bits per heavy atom. The second-order valence-corrected chi connectivity index (χ2v) is 6.25.